The summed E-state index contributed by atoms with van der Waals surface area (Å²) in [6, 6.07) is 0.271. The van der Waals surface area contributed by atoms with E-state index in [4.69, 9.17) is 5.11 Å². The number of carboxylic acids is 1. The molecular weight excluding hydrogens is 266 g/mol. The number of fused-ring (bicyclic) bond motifs is 1. The average molecular weight is 276 g/mol. The Morgan fingerprint density at radius 1 is 1.71 bits per heavy atom. The van der Waals surface area contributed by atoms with Crippen molar-refractivity contribution in [2.24, 2.45) is 0 Å². The number of thiophene rings is 1. The number of aromatic carboxylic acids is 1. The third kappa shape index (κ3) is 1.49. The van der Waals surface area contributed by atoms with E-state index in [-0.39, 0.29) is 6.04 Å². The zero-order chi connectivity index (χ0) is 10.3. The van der Waals surface area contributed by atoms with Gasteiger partial charge in [0.15, 0.2) is 0 Å². The maximum atomic E-state index is 10.9. The zero-order valence-electron chi connectivity index (χ0n) is 7.63. The summed E-state index contributed by atoms with van der Waals surface area (Å²) in [6.07, 6.45) is 0.907. The van der Waals surface area contributed by atoms with Crippen molar-refractivity contribution in [3.05, 3.63) is 19.8 Å². The molecule has 2 rings (SSSR count). The second kappa shape index (κ2) is 3.64. The van der Waals surface area contributed by atoms with Gasteiger partial charge in [0.25, 0.3) is 0 Å². The van der Waals surface area contributed by atoms with Gasteiger partial charge in [-0.25, -0.2) is 4.79 Å². The van der Waals surface area contributed by atoms with E-state index in [9.17, 15) is 4.79 Å². The van der Waals surface area contributed by atoms with Crippen LogP contribution in [0.25, 0.3) is 0 Å². The lowest BCUT2D eigenvalue weighted by molar-refractivity contribution is 0.0701. The normalized spacial score (nSPS) is 20.6. The Hall–Kier alpha value is -0.390. The SMILES string of the molecule is CC1NCCc2c1sc(C(=O)O)c2Br. The number of carboxylic acid groups (broad SMARTS) is 1. The molecule has 0 aromatic carbocycles. The van der Waals surface area contributed by atoms with Crippen molar-refractivity contribution >= 4 is 33.2 Å². The lowest BCUT2D eigenvalue weighted by Gasteiger charge is -2.20. The zero-order valence-corrected chi connectivity index (χ0v) is 10.0. The first-order valence-corrected chi connectivity index (χ1v) is 6.00. The minimum Gasteiger partial charge on any atom is -0.477 e. The molecule has 0 saturated carbocycles. The summed E-state index contributed by atoms with van der Waals surface area (Å²) >= 11 is 4.74. The topological polar surface area (TPSA) is 49.3 Å². The average Bonchev–Trinajstić information content (AvgIpc) is 2.46. The molecule has 0 radical (unpaired) electrons. The Morgan fingerprint density at radius 2 is 2.43 bits per heavy atom. The lowest BCUT2D eigenvalue weighted by atomic mass is 10.1. The molecule has 1 atom stereocenters. The molecule has 0 bridgehead atoms. The van der Waals surface area contributed by atoms with Crippen molar-refractivity contribution in [1.29, 1.82) is 0 Å². The predicted octanol–water partition coefficient (Wildman–Crippen LogP) is 2.42. The molecule has 3 nitrogen and oxygen atoms in total. The van der Waals surface area contributed by atoms with Crippen molar-refractivity contribution in [2.45, 2.75) is 19.4 Å². The molecule has 1 aliphatic heterocycles. The van der Waals surface area contributed by atoms with Crippen LogP contribution < -0.4 is 5.32 Å². The highest BCUT2D eigenvalue weighted by atomic mass is 79.9. The van der Waals surface area contributed by atoms with E-state index in [2.05, 4.69) is 28.2 Å². The van der Waals surface area contributed by atoms with Gasteiger partial charge in [0.1, 0.15) is 4.88 Å². The molecule has 1 aliphatic rings. The van der Waals surface area contributed by atoms with Gasteiger partial charge in [0.2, 0.25) is 0 Å². The lowest BCUT2D eigenvalue weighted by Crippen LogP contribution is -2.26. The van der Waals surface area contributed by atoms with Gasteiger partial charge in [-0.2, -0.15) is 0 Å². The number of rotatable bonds is 1. The molecule has 5 heteroatoms. The molecule has 1 unspecified atom stereocenters. The third-order valence-electron chi connectivity index (χ3n) is 2.39. The summed E-state index contributed by atoms with van der Waals surface area (Å²) in [7, 11) is 0. The molecule has 1 aromatic heterocycles. The van der Waals surface area contributed by atoms with Crippen LogP contribution in [-0.4, -0.2) is 17.6 Å². The van der Waals surface area contributed by atoms with E-state index >= 15 is 0 Å². The fraction of sp³-hybridized carbons (Fsp3) is 0.444. The van der Waals surface area contributed by atoms with Crippen molar-refractivity contribution < 1.29 is 9.90 Å². The van der Waals surface area contributed by atoms with Gasteiger partial charge in [-0.05, 0) is 41.4 Å². The van der Waals surface area contributed by atoms with Crippen LogP contribution in [0.4, 0.5) is 0 Å². The highest BCUT2D eigenvalue weighted by Crippen LogP contribution is 2.38. The van der Waals surface area contributed by atoms with Crippen LogP contribution >= 0.6 is 27.3 Å². The van der Waals surface area contributed by atoms with Crippen LogP contribution in [0.1, 0.15) is 33.1 Å². The van der Waals surface area contributed by atoms with E-state index in [1.54, 1.807) is 0 Å². The van der Waals surface area contributed by atoms with Crippen molar-refractivity contribution in [3.63, 3.8) is 0 Å². The number of hydrogen-bond donors (Lipinski definition) is 2. The Morgan fingerprint density at radius 3 is 3.00 bits per heavy atom. The van der Waals surface area contributed by atoms with Gasteiger partial charge in [-0.1, -0.05) is 0 Å². The molecular formula is C9H10BrNO2S. The quantitative estimate of drug-likeness (QED) is 0.828. The van der Waals surface area contributed by atoms with Crippen LogP contribution in [0, 0.1) is 0 Å². The second-order valence-electron chi connectivity index (χ2n) is 3.32. The molecule has 0 fully saturated rings. The first-order valence-electron chi connectivity index (χ1n) is 4.39. The molecule has 1 aromatic rings. The molecule has 14 heavy (non-hydrogen) atoms. The van der Waals surface area contributed by atoms with E-state index < -0.39 is 5.97 Å². The molecule has 2 heterocycles. The number of carbonyl (C=O) groups is 1. The van der Waals surface area contributed by atoms with E-state index in [1.165, 1.54) is 16.9 Å². The largest absolute Gasteiger partial charge is 0.477 e. The summed E-state index contributed by atoms with van der Waals surface area (Å²) < 4.78 is 0.776. The Kier molecular flexibility index (Phi) is 2.64. The number of hydrogen-bond acceptors (Lipinski definition) is 3. The first kappa shape index (κ1) is 10.1. The second-order valence-corrected chi connectivity index (χ2v) is 5.16. The van der Waals surface area contributed by atoms with Gasteiger partial charge < -0.3 is 10.4 Å². The Labute approximate surface area is 94.3 Å². The first-order chi connectivity index (χ1) is 6.61. The van der Waals surface area contributed by atoms with Gasteiger partial charge in [0, 0.05) is 15.4 Å². The Bertz CT molecular complexity index is 388. The van der Waals surface area contributed by atoms with Crippen molar-refractivity contribution in [2.75, 3.05) is 6.54 Å². The van der Waals surface area contributed by atoms with E-state index in [0.29, 0.717) is 4.88 Å². The van der Waals surface area contributed by atoms with E-state index in [0.717, 1.165) is 22.3 Å². The summed E-state index contributed by atoms with van der Waals surface area (Å²) in [5.41, 5.74) is 1.17. The molecule has 0 saturated heterocycles. The maximum Gasteiger partial charge on any atom is 0.347 e. The summed E-state index contributed by atoms with van der Waals surface area (Å²) in [4.78, 5) is 12.5. The standard InChI is InChI=1S/C9H10BrNO2S/c1-4-7-5(2-3-11-4)6(10)8(14-7)9(12)13/h4,11H,2-3H2,1H3,(H,12,13). The molecule has 0 spiro atoms. The fourth-order valence-electron chi connectivity index (χ4n) is 1.69. The number of halogens is 1. The summed E-state index contributed by atoms with van der Waals surface area (Å²) in [5, 5.41) is 12.3. The Balaban J connectivity index is 2.54. The summed E-state index contributed by atoms with van der Waals surface area (Å²) in [6.45, 7) is 2.98. The molecule has 0 aliphatic carbocycles. The molecule has 2 N–H and O–H groups in total. The highest BCUT2D eigenvalue weighted by molar-refractivity contribution is 9.10. The predicted molar refractivity (Wildman–Crippen MR) is 59.1 cm³/mol. The third-order valence-corrected chi connectivity index (χ3v) is 4.93. The smallest absolute Gasteiger partial charge is 0.347 e. The van der Waals surface area contributed by atoms with Crippen molar-refractivity contribution in [1.82, 2.24) is 5.32 Å². The van der Waals surface area contributed by atoms with Gasteiger partial charge >= 0.3 is 5.97 Å². The van der Waals surface area contributed by atoms with Crippen LogP contribution in [0.3, 0.4) is 0 Å². The molecule has 0 amide bonds. The van der Waals surface area contributed by atoms with Crippen LogP contribution in [0.5, 0.6) is 0 Å². The maximum absolute atomic E-state index is 10.9. The number of nitrogens with one attached hydrogen (secondary N) is 1. The highest BCUT2D eigenvalue weighted by Gasteiger charge is 2.25. The summed E-state index contributed by atoms with van der Waals surface area (Å²) in [5.74, 6) is -0.844. The van der Waals surface area contributed by atoms with Crippen LogP contribution in [-0.2, 0) is 6.42 Å². The van der Waals surface area contributed by atoms with Crippen molar-refractivity contribution in [3.8, 4) is 0 Å². The van der Waals surface area contributed by atoms with Gasteiger partial charge in [-0.15, -0.1) is 11.3 Å². The van der Waals surface area contributed by atoms with Crippen LogP contribution in [0.15, 0.2) is 4.47 Å². The van der Waals surface area contributed by atoms with Crippen LogP contribution in [0.2, 0.25) is 0 Å². The monoisotopic (exact) mass is 275 g/mol. The molecule has 76 valence electrons. The minimum atomic E-state index is -0.844. The minimum absolute atomic E-state index is 0.271. The fourth-order valence-corrected chi connectivity index (χ4v) is 3.75. The van der Waals surface area contributed by atoms with E-state index in [1.807, 2.05) is 0 Å². The van der Waals surface area contributed by atoms with Gasteiger partial charge in [-0.3, -0.25) is 0 Å². The van der Waals surface area contributed by atoms with Gasteiger partial charge in [0.05, 0.1) is 0 Å².